The monoisotopic (exact) mass is 272 g/mol. The first-order valence-electron chi connectivity index (χ1n) is 4.56. The van der Waals surface area contributed by atoms with Gasteiger partial charge in [-0.3, -0.25) is 0 Å². The van der Waals surface area contributed by atoms with Gasteiger partial charge in [-0.25, -0.2) is 16.8 Å². The van der Waals surface area contributed by atoms with Crippen LogP contribution in [-0.4, -0.2) is 34.1 Å². The van der Waals surface area contributed by atoms with E-state index in [-0.39, 0.29) is 23.2 Å². The molecule has 1 aliphatic heterocycles. The molecule has 0 saturated carbocycles. The van der Waals surface area contributed by atoms with Gasteiger partial charge in [0.1, 0.15) is 0 Å². The zero-order valence-electron chi connectivity index (χ0n) is 8.10. The van der Waals surface area contributed by atoms with Crippen molar-refractivity contribution in [3.63, 3.8) is 0 Å². The van der Waals surface area contributed by atoms with Gasteiger partial charge in [0.05, 0.1) is 17.3 Å². The first-order chi connectivity index (χ1) is 6.79. The molecule has 4 nitrogen and oxygen atoms in total. The lowest BCUT2D eigenvalue weighted by atomic mass is 10.1. The second kappa shape index (κ2) is 4.84. The van der Waals surface area contributed by atoms with Gasteiger partial charge < -0.3 is 0 Å². The molecular weight excluding hydrogens is 260 g/mol. The molecule has 0 aliphatic carbocycles. The number of allylic oxidation sites excluding steroid dienone is 1. The summed E-state index contributed by atoms with van der Waals surface area (Å²) >= 11 is 0. The van der Waals surface area contributed by atoms with E-state index in [4.69, 9.17) is 10.7 Å². The zero-order valence-corrected chi connectivity index (χ0v) is 10.5. The highest BCUT2D eigenvalue weighted by molar-refractivity contribution is 8.13. The molecule has 1 fully saturated rings. The second-order valence-corrected chi connectivity index (χ2v) is 8.73. The van der Waals surface area contributed by atoms with Crippen LogP contribution < -0.4 is 0 Å². The van der Waals surface area contributed by atoms with Crippen molar-refractivity contribution in [2.24, 2.45) is 5.92 Å². The largest absolute Gasteiger partial charge is 0.236 e. The maximum atomic E-state index is 11.1. The summed E-state index contributed by atoms with van der Waals surface area (Å²) in [5.74, 6) is 0.391. The highest BCUT2D eigenvalue weighted by Crippen LogP contribution is 2.21. The van der Waals surface area contributed by atoms with Crippen LogP contribution in [0, 0.1) is 5.92 Å². The average molecular weight is 273 g/mol. The van der Waals surface area contributed by atoms with E-state index in [1.807, 2.05) is 0 Å². The van der Waals surface area contributed by atoms with Gasteiger partial charge in [-0.1, -0.05) is 12.2 Å². The molecule has 1 rings (SSSR count). The van der Waals surface area contributed by atoms with Crippen molar-refractivity contribution in [1.29, 1.82) is 0 Å². The molecular formula is C8H13ClO4S2. The van der Waals surface area contributed by atoms with Crippen LogP contribution in [0.15, 0.2) is 12.2 Å². The molecule has 88 valence electrons. The minimum absolute atomic E-state index is 0.129. The van der Waals surface area contributed by atoms with Crippen LogP contribution >= 0.6 is 10.7 Å². The molecule has 0 aromatic carbocycles. The lowest BCUT2D eigenvalue weighted by Crippen LogP contribution is -2.04. The summed E-state index contributed by atoms with van der Waals surface area (Å²) in [6.45, 7) is 0. The first-order valence-corrected chi connectivity index (χ1v) is 8.86. The summed E-state index contributed by atoms with van der Waals surface area (Å²) in [5.41, 5.74) is 0. The molecule has 0 N–H and O–H groups in total. The van der Waals surface area contributed by atoms with Gasteiger partial charge in [-0.15, -0.1) is 0 Å². The topological polar surface area (TPSA) is 68.3 Å². The fourth-order valence-corrected chi connectivity index (χ4v) is 3.99. The predicted octanol–water partition coefficient (Wildman–Crippen LogP) is 0.936. The molecule has 15 heavy (non-hydrogen) atoms. The van der Waals surface area contributed by atoms with Crippen LogP contribution in [0.2, 0.25) is 0 Å². The van der Waals surface area contributed by atoms with Gasteiger partial charge in [0.2, 0.25) is 9.05 Å². The molecule has 7 heteroatoms. The minimum Gasteiger partial charge on any atom is -0.229 e. The van der Waals surface area contributed by atoms with Gasteiger partial charge in [0.25, 0.3) is 0 Å². The number of rotatable bonds is 4. The van der Waals surface area contributed by atoms with Gasteiger partial charge >= 0.3 is 0 Å². The minimum atomic E-state index is -3.48. The second-order valence-electron chi connectivity index (χ2n) is 3.68. The summed E-state index contributed by atoms with van der Waals surface area (Å²) in [6.07, 6.45) is 4.42. The third-order valence-electron chi connectivity index (χ3n) is 2.26. The third-order valence-corrected chi connectivity index (χ3v) is 5.06. The van der Waals surface area contributed by atoms with Crippen LogP contribution in [0.25, 0.3) is 0 Å². The Hall–Kier alpha value is -0.0700. The molecule has 1 unspecified atom stereocenters. The van der Waals surface area contributed by atoms with Crippen LogP contribution in [-0.2, 0) is 18.9 Å². The van der Waals surface area contributed by atoms with Crippen LogP contribution in [0.3, 0.4) is 0 Å². The number of hydrogen-bond donors (Lipinski definition) is 0. The van der Waals surface area contributed by atoms with Crippen molar-refractivity contribution in [2.75, 3.05) is 17.3 Å². The molecule has 0 radical (unpaired) electrons. The Morgan fingerprint density at radius 2 is 2.00 bits per heavy atom. The van der Waals surface area contributed by atoms with E-state index in [2.05, 4.69) is 0 Å². The van der Waals surface area contributed by atoms with Gasteiger partial charge in [-0.2, -0.15) is 0 Å². The van der Waals surface area contributed by atoms with E-state index in [1.54, 1.807) is 6.08 Å². The molecule has 0 bridgehead atoms. The lowest BCUT2D eigenvalue weighted by molar-refractivity contribution is 0.589. The summed E-state index contributed by atoms with van der Waals surface area (Å²) < 4.78 is 43.3. The van der Waals surface area contributed by atoms with Crippen molar-refractivity contribution < 1.29 is 16.8 Å². The van der Waals surface area contributed by atoms with Crippen LogP contribution in [0.4, 0.5) is 0 Å². The van der Waals surface area contributed by atoms with Gasteiger partial charge in [0.15, 0.2) is 9.84 Å². The van der Waals surface area contributed by atoms with E-state index >= 15 is 0 Å². The average Bonchev–Trinajstić information content (AvgIpc) is 2.38. The fraction of sp³-hybridized carbons (Fsp3) is 0.750. The Kier molecular flexibility index (Phi) is 4.20. The first kappa shape index (κ1) is 13.0. The Morgan fingerprint density at radius 3 is 2.47 bits per heavy atom. The molecule has 1 saturated heterocycles. The van der Waals surface area contributed by atoms with E-state index in [0.717, 1.165) is 0 Å². The highest BCUT2D eigenvalue weighted by atomic mass is 35.7. The number of halogens is 1. The summed E-state index contributed by atoms with van der Waals surface area (Å²) in [4.78, 5) is 0. The molecule has 0 spiro atoms. The predicted molar refractivity (Wildman–Crippen MR) is 60.2 cm³/mol. The maximum Gasteiger partial charge on any atom is 0.236 e. The lowest BCUT2D eigenvalue weighted by Gasteiger charge is -2.01. The Labute approximate surface area is 94.7 Å². The van der Waals surface area contributed by atoms with Crippen molar-refractivity contribution in [2.45, 2.75) is 12.8 Å². The van der Waals surface area contributed by atoms with Crippen molar-refractivity contribution in [1.82, 2.24) is 0 Å². The molecule has 0 aromatic rings. The third kappa shape index (κ3) is 5.53. The standard InChI is InChI=1S/C8H13ClO4S2/c9-15(12,13)5-2-1-3-8-4-6-14(10,11)7-8/h1-2,8H,3-7H2/b2-1-. The summed E-state index contributed by atoms with van der Waals surface area (Å²) in [6, 6.07) is 0. The molecule has 1 aliphatic rings. The number of hydrogen-bond acceptors (Lipinski definition) is 4. The Morgan fingerprint density at radius 1 is 1.33 bits per heavy atom. The normalized spacial score (nSPS) is 26.1. The Balaban J connectivity index is 2.34. The van der Waals surface area contributed by atoms with Crippen LogP contribution in [0.1, 0.15) is 12.8 Å². The van der Waals surface area contributed by atoms with Gasteiger partial charge in [-0.05, 0) is 18.8 Å². The maximum absolute atomic E-state index is 11.1. The molecule has 0 aromatic heterocycles. The quantitative estimate of drug-likeness (QED) is 0.564. The van der Waals surface area contributed by atoms with Crippen molar-refractivity contribution in [3.05, 3.63) is 12.2 Å². The van der Waals surface area contributed by atoms with Gasteiger partial charge in [0, 0.05) is 10.7 Å². The summed E-state index contributed by atoms with van der Waals surface area (Å²) in [5, 5.41) is 0. The van der Waals surface area contributed by atoms with Crippen molar-refractivity contribution in [3.8, 4) is 0 Å². The van der Waals surface area contributed by atoms with E-state index in [9.17, 15) is 16.8 Å². The van der Waals surface area contributed by atoms with E-state index in [1.165, 1.54) is 6.08 Å². The van der Waals surface area contributed by atoms with E-state index < -0.39 is 18.9 Å². The zero-order chi connectivity index (χ0) is 11.5. The smallest absolute Gasteiger partial charge is 0.229 e. The SMILES string of the molecule is O=S(=O)(Cl)C/C=C\CC1CCS(=O)(=O)C1. The fourth-order valence-electron chi connectivity index (χ4n) is 1.53. The van der Waals surface area contributed by atoms with Crippen LogP contribution in [0.5, 0.6) is 0 Å². The molecule has 0 amide bonds. The van der Waals surface area contributed by atoms with E-state index in [0.29, 0.717) is 12.8 Å². The Bertz CT molecular complexity index is 435. The van der Waals surface area contributed by atoms with Crippen molar-refractivity contribution >= 4 is 29.6 Å². The summed E-state index contributed by atoms with van der Waals surface area (Å²) in [7, 11) is -1.32. The molecule has 1 heterocycles. The number of sulfone groups is 1. The highest BCUT2D eigenvalue weighted by Gasteiger charge is 2.26. The molecule has 1 atom stereocenters.